The molecule has 0 spiro atoms. The Hall–Kier alpha value is -1.69. The lowest BCUT2D eigenvalue weighted by molar-refractivity contribution is 0.0697. The summed E-state index contributed by atoms with van der Waals surface area (Å²) < 4.78 is 0. The molecule has 0 aliphatic heterocycles. The number of nitrogens with zero attached hydrogens (tertiary/aromatic N) is 2. The van der Waals surface area contributed by atoms with Crippen LogP contribution < -0.4 is 0 Å². The second kappa shape index (κ2) is 8.08. The molecule has 22 heavy (non-hydrogen) atoms. The fraction of sp³-hybridized carbons (Fsp3) is 0.353. The van der Waals surface area contributed by atoms with E-state index in [9.17, 15) is 4.79 Å². The Morgan fingerprint density at radius 3 is 2.36 bits per heavy atom. The molecule has 1 aromatic heterocycles. The number of aromatic carboxylic acids is 1. The summed E-state index contributed by atoms with van der Waals surface area (Å²) in [5.41, 5.74) is 1.47. The van der Waals surface area contributed by atoms with Crippen LogP contribution in [0.4, 0.5) is 0 Å². The SMILES string of the molecule is CN(C)CCN(Cc1ccc(C(=O)O)cc1)Cc1cccs1. The van der Waals surface area contributed by atoms with Crippen LogP contribution >= 0.6 is 11.3 Å². The van der Waals surface area contributed by atoms with Crippen molar-refractivity contribution in [1.82, 2.24) is 9.80 Å². The zero-order valence-electron chi connectivity index (χ0n) is 13.0. The van der Waals surface area contributed by atoms with E-state index in [2.05, 4.69) is 41.4 Å². The number of rotatable bonds is 8. The average molecular weight is 318 g/mol. The van der Waals surface area contributed by atoms with Gasteiger partial charge in [0, 0.05) is 31.1 Å². The van der Waals surface area contributed by atoms with Crippen molar-refractivity contribution in [3.8, 4) is 0 Å². The van der Waals surface area contributed by atoms with E-state index in [1.165, 1.54) is 4.88 Å². The maximum atomic E-state index is 10.9. The van der Waals surface area contributed by atoms with Gasteiger partial charge in [-0.05, 0) is 43.2 Å². The summed E-state index contributed by atoms with van der Waals surface area (Å²) in [6, 6.07) is 11.4. The van der Waals surface area contributed by atoms with Gasteiger partial charge in [0.25, 0.3) is 0 Å². The van der Waals surface area contributed by atoms with E-state index in [-0.39, 0.29) is 0 Å². The third kappa shape index (κ3) is 5.26. The number of likely N-dealkylation sites (N-methyl/N-ethyl adjacent to an activating group) is 1. The first kappa shape index (κ1) is 16.7. The quantitative estimate of drug-likeness (QED) is 0.812. The van der Waals surface area contributed by atoms with Gasteiger partial charge in [0.1, 0.15) is 0 Å². The van der Waals surface area contributed by atoms with Crippen LogP contribution in [0, 0.1) is 0 Å². The van der Waals surface area contributed by atoms with Crippen LogP contribution in [0.3, 0.4) is 0 Å². The molecule has 0 aliphatic carbocycles. The number of carboxylic acids is 1. The predicted molar refractivity (Wildman–Crippen MR) is 90.4 cm³/mol. The van der Waals surface area contributed by atoms with Crippen LogP contribution in [-0.4, -0.2) is 48.1 Å². The number of carboxylic acid groups (broad SMARTS) is 1. The van der Waals surface area contributed by atoms with E-state index in [1.54, 1.807) is 23.5 Å². The van der Waals surface area contributed by atoms with Crippen molar-refractivity contribution in [3.05, 3.63) is 57.8 Å². The van der Waals surface area contributed by atoms with Gasteiger partial charge in [0.15, 0.2) is 0 Å². The van der Waals surface area contributed by atoms with Gasteiger partial charge in [0.2, 0.25) is 0 Å². The Balaban J connectivity index is 2.02. The Bertz CT molecular complexity index is 579. The number of hydrogen-bond donors (Lipinski definition) is 1. The van der Waals surface area contributed by atoms with Gasteiger partial charge >= 0.3 is 5.97 Å². The number of hydrogen-bond acceptors (Lipinski definition) is 4. The van der Waals surface area contributed by atoms with E-state index in [1.807, 2.05) is 12.1 Å². The normalized spacial score (nSPS) is 11.3. The molecule has 0 aliphatic rings. The molecule has 0 bridgehead atoms. The second-order valence-corrected chi connectivity index (χ2v) is 6.63. The van der Waals surface area contributed by atoms with Gasteiger partial charge < -0.3 is 10.0 Å². The minimum Gasteiger partial charge on any atom is -0.478 e. The highest BCUT2D eigenvalue weighted by Crippen LogP contribution is 2.15. The first-order valence-electron chi connectivity index (χ1n) is 7.26. The summed E-state index contributed by atoms with van der Waals surface area (Å²) in [5.74, 6) is -0.880. The van der Waals surface area contributed by atoms with E-state index < -0.39 is 5.97 Å². The van der Waals surface area contributed by atoms with Gasteiger partial charge in [-0.3, -0.25) is 4.90 Å². The largest absolute Gasteiger partial charge is 0.478 e. The molecule has 1 aromatic carbocycles. The third-order valence-corrected chi connectivity index (χ3v) is 4.29. The van der Waals surface area contributed by atoms with Crippen LogP contribution in [0.15, 0.2) is 41.8 Å². The summed E-state index contributed by atoms with van der Waals surface area (Å²) in [7, 11) is 4.15. The molecule has 0 amide bonds. The third-order valence-electron chi connectivity index (χ3n) is 3.43. The van der Waals surface area contributed by atoms with Gasteiger partial charge in [-0.25, -0.2) is 4.79 Å². The smallest absolute Gasteiger partial charge is 0.335 e. The molecule has 0 saturated heterocycles. The monoisotopic (exact) mass is 318 g/mol. The maximum absolute atomic E-state index is 10.9. The molecule has 0 saturated carbocycles. The van der Waals surface area contributed by atoms with Crippen molar-refractivity contribution >= 4 is 17.3 Å². The lowest BCUT2D eigenvalue weighted by atomic mass is 10.1. The van der Waals surface area contributed by atoms with Crippen LogP contribution in [0.5, 0.6) is 0 Å². The van der Waals surface area contributed by atoms with Crippen molar-refractivity contribution in [2.24, 2.45) is 0 Å². The topological polar surface area (TPSA) is 43.8 Å². The van der Waals surface area contributed by atoms with E-state index >= 15 is 0 Å². The van der Waals surface area contributed by atoms with Crippen molar-refractivity contribution in [1.29, 1.82) is 0 Å². The Morgan fingerprint density at radius 2 is 1.82 bits per heavy atom. The van der Waals surface area contributed by atoms with Crippen LogP contribution in [0.1, 0.15) is 20.8 Å². The standard InChI is InChI=1S/C17H22N2O2S/c1-18(2)9-10-19(13-16-4-3-11-22-16)12-14-5-7-15(8-6-14)17(20)21/h3-8,11H,9-10,12-13H2,1-2H3,(H,20,21). The van der Waals surface area contributed by atoms with Crippen molar-refractivity contribution in [3.63, 3.8) is 0 Å². The summed E-state index contributed by atoms with van der Waals surface area (Å²) in [5, 5.41) is 11.1. The number of thiophene rings is 1. The zero-order valence-corrected chi connectivity index (χ0v) is 13.8. The van der Waals surface area contributed by atoms with Crippen molar-refractivity contribution in [2.75, 3.05) is 27.2 Å². The summed E-state index contributed by atoms with van der Waals surface area (Å²) >= 11 is 1.77. The molecule has 118 valence electrons. The Morgan fingerprint density at radius 1 is 1.09 bits per heavy atom. The predicted octanol–water partition coefficient (Wildman–Crippen LogP) is 3.01. The summed E-state index contributed by atoms with van der Waals surface area (Å²) in [4.78, 5) is 16.8. The average Bonchev–Trinajstić information content (AvgIpc) is 2.98. The molecule has 2 aromatic rings. The molecule has 0 radical (unpaired) electrons. The van der Waals surface area contributed by atoms with Gasteiger partial charge in [-0.15, -0.1) is 11.3 Å². The molecular weight excluding hydrogens is 296 g/mol. The number of carbonyl (C=O) groups is 1. The van der Waals surface area contributed by atoms with Gasteiger partial charge in [-0.1, -0.05) is 18.2 Å². The fourth-order valence-corrected chi connectivity index (χ4v) is 2.94. The van der Waals surface area contributed by atoms with Crippen LogP contribution in [0.25, 0.3) is 0 Å². The molecule has 4 nitrogen and oxygen atoms in total. The van der Waals surface area contributed by atoms with Crippen LogP contribution in [-0.2, 0) is 13.1 Å². The first-order chi connectivity index (χ1) is 10.5. The summed E-state index contributed by atoms with van der Waals surface area (Å²) in [6.07, 6.45) is 0. The molecule has 2 rings (SSSR count). The number of benzene rings is 1. The van der Waals surface area contributed by atoms with Gasteiger partial charge in [-0.2, -0.15) is 0 Å². The zero-order chi connectivity index (χ0) is 15.9. The Kier molecular flexibility index (Phi) is 6.12. The molecule has 0 atom stereocenters. The highest BCUT2D eigenvalue weighted by Gasteiger charge is 2.09. The minimum absolute atomic E-state index is 0.335. The van der Waals surface area contributed by atoms with E-state index in [4.69, 9.17) is 5.11 Å². The van der Waals surface area contributed by atoms with Gasteiger partial charge in [0.05, 0.1) is 5.56 Å². The van der Waals surface area contributed by atoms with Crippen molar-refractivity contribution < 1.29 is 9.90 Å². The maximum Gasteiger partial charge on any atom is 0.335 e. The lowest BCUT2D eigenvalue weighted by Crippen LogP contribution is -2.30. The molecule has 5 heteroatoms. The summed E-state index contributed by atoms with van der Waals surface area (Å²) in [6.45, 7) is 3.72. The van der Waals surface area contributed by atoms with E-state index in [0.29, 0.717) is 5.56 Å². The fourth-order valence-electron chi connectivity index (χ4n) is 2.19. The van der Waals surface area contributed by atoms with Crippen LogP contribution in [0.2, 0.25) is 0 Å². The highest BCUT2D eigenvalue weighted by atomic mass is 32.1. The lowest BCUT2D eigenvalue weighted by Gasteiger charge is -2.23. The first-order valence-corrected chi connectivity index (χ1v) is 8.14. The Labute approximate surface area is 135 Å². The second-order valence-electron chi connectivity index (χ2n) is 5.60. The van der Waals surface area contributed by atoms with E-state index in [0.717, 1.165) is 31.7 Å². The molecule has 1 heterocycles. The molecule has 0 unspecified atom stereocenters. The highest BCUT2D eigenvalue weighted by molar-refractivity contribution is 7.09. The molecule has 1 N–H and O–H groups in total. The molecular formula is C17H22N2O2S. The van der Waals surface area contributed by atoms with Crippen molar-refractivity contribution in [2.45, 2.75) is 13.1 Å². The molecule has 0 fully saturated rings. The minimum atomic E-state index is -0.880.